The quantitative estimate of drug-likeness (QED) is 0.589. The van der Waals surface area contributed by atoms with Crippen molar-refractivity contribution in [1.82, 2.24) is 15.1 Å². The molecule has 0 radical (unpaired) electrons. The Labute approximate surface area is 196 Å². The molecule has 1 heterocycles. The largest absolute Gasteiger partial charge is 0.416 e. The van der Waals surface area contributed by atoms with Crippen molar-refractivity contribution in [1.29, 1.82) is 0 Å². The molecule has 1 aromatic rings. The summed E-state index contributed by atoms with van der Waals surface area (Å²) < 4.78 is 39.0. The van der Waals surface area contributed by atoms with Gasteiger partial charge < -0.3 is 15.1 Å². The number of benzene rings is 1. The van der Waals surface area contributed by atoms with Gasteiger partial charge in [0.05, 0.1) is 5.56 Å². The molecule has 8 heteroatoms. The van der Waals surface area contributed by atoms with Crippen molar-refractivity contribution in [3.63, 3.8) is 0 Å². The van der Waals surface area contributed by atoms with Crippen LogP contribution in [-0.2, 0) is 11.0 Å². The molecule has 1 N–H and O–H groups in total. The molecule has 2 aliphatic rings. The second-order valence-corrected chi connectivity index (χ2v) is 9.86. The highest BCUT2D eigenvalue weighted by molar-refractivity contribution is 5.76. The van der Waals surface area contributed by atoms with Crippen LogP contribution in [0.25, 0.3) is 0 Å². The van der Waals surface area contributed by atoms with Gasteiger partial charge in [-0.3, -0.25) is 9.69 Å². The summed E-state index contributed by atoms with van der Waals surface area (Å²) in [7, 11) is 4.05. The number of nitrogens with one attached hydrogen (secondary N) is 1. The summed E-state index contributed by atoms with van der Waals surface area (Å²) in [6.45, 7) is 5.27. The fourth-order valence-corrected chi connectivity index (χ4v) is 4.92. The van der Waals surface area contributed by atoms with E-state index in [2.05, 4.69) is 20.0 Å². The van der Waals surface area contributed by atoms with Crippen LogP contribution in [0.2, 0.25) is 0 Å². The SMILES string of the molecule is CN(C)CCCC(=O)N[C@H]1CC[C@H](CCN2CCN(c3cccc(C(F)(F)F)c3)CC2)CC1. The van der Waals surface area contributed by atoms with Crippen LogP contribution in [0, 0.1) is 5.92 Å². The van der Waals surface area contributed by atoms with Gasteiger partial charge in [-0.15, -0.1) is 0 Å². The second-order valence-electron chi connectivity index (χ2n) is 9.86. The van der Waals surface area contributed by atoms with Crippen molar-refractivity contribution in [2.24, 2.45) is 5.92 Å². The molecule has 0 bridgehead atoms. The third-order valence-corrected chi connectivity index (χ3v) is 6.99. The van der Waals surface area contributed by atoms with E-state index in [0.717, 1.165) is 83.9 Å². The van der Waals surface area contributed by atoms with Crippen molar-refractivity contribution in [3.8, 4) is 0 Å². The number of alkyl halides is 3. The molecule has 1 aliphatic heterocycles. The zero-order valence-corrected chi connectivity index (χ0v) is 20.0. The minimum absolute atomic E-state index is 0.180. The van der Waals surface area contributed by atoms with Crippen molar-refractivity contribution >= 4 is 11.6 Å². The molecule has 2 fully saturated rings. The molecule has 0 atom stereocenters. The van der Waals surface area contributed by atoms with Crippen molar-refractivity contribution < 1.29 is 18.0 Å². The van der Waals surface area contributed by atoms with Gasteiger partial charge in [-0.1, -0.05) is 6.07 Å². The molecular formula is C25H39F3N4O. The Morgan fingerprint density at radius 3 is 2.42 bits per heavy atom. The number of amides is 1. The van der Waals surface area contributed by atoms with E-state index in [1.165, 1.54) is 12.1 Å². The molecular weight excluding hydrogens is 429 g/mol. The standard InChI is InChI=1S/C25H39F3N4O/c1-30(2)13-4-7-24(33)29-22-10-8-20(9-11-22)12-14-31-15-17-32(18-16-31)23-6-3-5-21(19-23)25(26,27)28/h3,5-6,19-20,22H,4,7-18H2,1-2H3,(H,29,33)/t20-,22-. The third-order valence-electron chi connectivity index (χ3n) is 6.99. The number of carbonyl (C=O) groups excluding carboxylic acids is 1. The second kappa shape index (κ2) is 12.1. The monoisotopic (exact) mass is 468 g/mol. The normalized spacial score (nSPS) is 22.5. The Kier molecular flexibility index (Phi) is 9.44. The zero-order chi connectivity index (χ0) is 23.8. The van der Waals surface area contributed by atoms with Crippen molar-refractivity contribution in [3.05, 3.63) is 29.8 Å². The first-order chi connectivity index (χ1) is 15.7. The number of carbonyl (C=O) groups is 1. The number of nitrogens with zero attached hydrogens (tertiary/aromatic N) is 3. The van der Waals surface area contributed by atoms with Crippen LogP contribution in [-0.4, -0.2) is 75.1 Å². The van der Waals surface area contributed by atoms with Crippen molar-refractivity contribution in [2.75, 3.05) is 58.3 Å². The average molecular weight is 469 g/mol. The van der Waals surface area contributed by atoms with Crippen LogP contribution in [0.4, 0.5) is 18.9 Å². The average Bonchev–Trinajstić information content (AvgIpc) is 2.78. The number of halogens is 3. The fourth-order valence-electron chi connectivity index (χ4n) is 4.92. The Morgan fingerprint density at radius 1 is 1.09 bits per heavy atom. The van der Waals surface area contributed by atoms with Crippen LogP contribution >= 0.6 is 0 Å². The van der Waals surface area contributed by atoms with E-state index in [0.29, 0.717) is 24.1 Å². The van der Waals surface area contributed by atoms with Gasteiger partial charge in [0.1, 0.15) is 0 Å². The van der Waals surface area contributed by atoms with Crippen LogP contribution in [0.15, 0.2) is 24.3 Å². The lowest BCUT2D eigenvalue weighted by molar-refractivity contribution is -0.137. The molecule has 0 spiro atoms. The molecule has 33 heavy (non-hydrogen) atoms. The molecule has 1 aromatic carbocycles. The fraction of sp³-hybridized carbons (Fsp3) is 0.720. The number of rotatable bonds is 9. The van der Waals surface area contributed by atoms with E-state index >= 15 is 0 Å². The van der Waals surface area contributed by atoms with Gasteiger partial charge in [0.2, 0.25) is 5.91 Å². The molecule has 1 saturated carbocycles. The lowest BCUT2D eigenvalue weighted by atomic mass is 9.84. The van der Waals surface area contributed by atoms with E-state index in [1.807, 2.05) is 14.1 Å². The lowest BCUT2D eigenvalue weighted by Gasteiger charge is -2.37. The van der Waals surface area contributed by atoms with E-state index in [-0.39, 0.29) is 5.91 Å². The maximum absolute atomic E-state index is 13.0. The Hall–Kier alpha value is -1.80. The number of hydrogen-bond acceptors (Lipinski definition) is 4. The number of hydrogen-bond donors (Lipinski definition) is 1. The summed E-state index contributed by atoms with van der Waals surface area (Å²) >= 11 is 0. The molecule has 0 unspecified atom stereocenters. The molecule has 0 aromatic heterocycles. The van der Waals surface area contributed by atoms with E-state index in [4.69, 9.17) is 0 Å². The summed E-state index contributed by atoms with van der Waals surface area (Å²) in [5.74, 6) is 0.882. The smallest absolute Gasteiger partial charge is 0.369 e. The third kappa shape index (κ3) is 8.49. The number of piperazine rings is 1. The van der Waals surface area contributed by atoms with Crippen LogP contribution in [0.5, 0.6) is 0 Å². The first-order valence-electron chi connectivity index (χ1n) is 12.3. The minimum atomic E-state index is -4.30. The maximum atomic E-state index is 13.0. The van der Waals surface area contributed by atoms with Crippen LogP contribution < -0.4 is 10.2 Å². The van der Waals surface area contributed by atoms with Gasteiger partial charge >= 0.3 is 6.18 Å². The van der Waals surface area contributed by atoms with Gasteiger partial charge in [0.15, 0.2) is 0 Å². The summed E-state index contributed by atoms with van der Waals surface area (Å²) in [6, 6.07) is 5.97. The highest BCUT2D eigenvalue weighted by atomic mass is 19.4. The summed E-state index contributed by atoms with van der Waals surface area (Å²) in [6.07, 6.45) is 2.80. The predicted molar refractivity (Wildman–Crippen MR) is 126 cm³/mol. The van der Waals surface area contributed by atoms with Gasteiger partial charge in [0, 0.05) is 44.3 Å². The van der Waals surface area contributed by atoms with E-state index in [9.17, 15) is 18.0 Å². The van der Waals surface area contributed by atoms with Gasteiger partial charge in [-0.25, -0.2) is 0 Å². The topological polar surface area (TPSA) is 38.8 Å². The first kappa shape index (κ1) is 25.8. The van der Waals surface area contributed by atoms with Gasteiger partial charge in [-0.2, -0.15) is 13.2 Å². The molecule has 5 nitrogen and oxygen atoms in total. The number of anilines is 1. The molecule has 1 amide bonds. The highest BCUT2D eigenvalue weighted by Crippen LogP contribution is 2.32. The Morgan fingerprint density at radius 2 is 1.79 bits per heavy atom. The predicted octanol–water partition coefficient (Wildman–Crippen LogP) is 4.23. The molecule has 1 saturated heterocycles. The maximum Gasteiger partial charge on any atom is 0.416 e. The molecule has 1 aliphatic carbocycles. The Balaban J connectivity index is 1.32. The lowest BCUT2D eigenvalue weighted by Crippen LogP contribution is -2.47. The summed E-state index contributed by atoms with van der Waals surface area (Å²) in [5.41, 5.74) is 0.0781. The van der Waals surface area contributed by atoms with E-state index < -0.39 is 11.7 Å². The zero-order valence-electron chi connectivity index (χ0n) is 20.0. The molecule has 186 valence electrons. The first-order valence-corrected chi connectivity index (χ1v) is 12.3. The van der Waals surface area contributed by atoms with Gasteiger partial charge in [-0.05, 0) is 89.8 Å². The minimum Gasteiger partial charge on any atom is -0.369 e. The summed E-state index contributed by atoms with van der Waals surface area (Å²) in [5, 5.41) is 3.21. The Bertz CT molecular complexity index is 739. The highest BCUT2D eigenvalue weighted by Gasteiger charge is 2.31. The van der Waals surface area contributed by atoms with Gasteiger partial charge in [0.25, 0.3) is 0 Å². The van der Waals surface area contributed by atoms with E-state index in [1.54, 1.807) is 6.07 Å². The molecule has 3 rings (SSSR count). The van der Waals surface area contributed by atoms with Crippen LogP contribution in [0.1, 0.15) is 50.5 Å². The summed E-state index contributed by atoms with van der Waals surface area (Å²) in [4.78, 5) is 18.7. The van der Waals surface area contributed by atoms with Crippen molar-refractivity contribution in [2.45, 2.75) is 57.2 Å². The van der Waals surface area contributed by atoms with Crippen LogP contribution in [0.3, 0.4) is 0 Å².